The Balaban J connectivity index is 2.52. The maximum absolute atomic E-state index is 11.1. The van der Waals surface area contributed by atoms with Crippen LogP contribution in [0.4, 0.5) is 11.6 Å². The van der Waals surface area contributed by atoms with Gasteiger partial charge in [0.1, 0.15) is 18.0 Å². The number of carbonyl (C=O) groups excluding carboxylic acids is 1. The molecule has 0 amide bonds. The van der Waals surface area contributed by atoms with Crippen molar-refractivity contribution in [2.24, 2.45) is 0 Å². The summed E-state index contributed by atoms with van der Waals surface area (Å²) >= 11 is 0. The molecule has 0 saturated carbocycles. The molecule has 0 atom stereocenters. The molecule has 0 radical (unpaired) electrons. The van der Waals surface area contributed by atoms with Crippen LogP contribution in [0.15, 0.2) is 12.4 Å². The summed E-state index contributed by atoms with van der Waals surface area (Å²) < 4.78 is 4.61. The molecule has 0 bridgehead atoms. The van der Waals surface area contributed by atoms with Crippen molar-refractivity contribution in [1.29, 1.82) is 0 Å². The van der Waals surface area contributed by atoms with Crippen molar-refractivity contribution in [3.63, 3.8) is 0 Å². The van der Waals surface area contributed by atoms with Gasteiger partial charge < -0.3 is 15.0 Å². The Bertz CT molecular complexity index is 398. The van der Waals surface area contributed by atoms with Gasteiger partial charge in [-0.15, -0.1) is 0 Å². The van der Waals surface area contributed by atoms with Crippen LogP contribution in [0.5, 0.6) is 0 Å². The standard InChI is InChI=1S/C13H22N4O2/c1-4-5-7-14-11-9-12(16-10-15-11)17(2)8-6-13(18)19-3/h9-10H,4-8H2,1-3H3,(H,14,15,16). The molecular weight excluding hydrogens is 244 g/mol. The molecule has 1 heterocycles. The van der Waals surface area contributed by atoms with Crippen LogP contribution in [0, 0.1) is 0 Å². The van der Waals surface area contributed by atoms with Crippen molar-refractivity contribution in [3.8, 4) is 0 Å². The van der Waals surface area contributed by atoms with Crippen LogP contribution in [0.2, 0.25) is 0 Å². The summed E-state index contributed by atoms with van der Waals surface area (Å²) in [5.41, 5.74) is 0. The third-order valence-corrected chi connectivity index (χ3v) is 2.76. The minimum absolute atomic E-state index is 0.220. The number of nitrogens with zero attached hydrogens (tertiary/aromatic N) is 3. The average Bonchev–Trinajstić information content (AvgIpc) is 2.45. The predicted molar refractivity (Wildman–Crippen MR) is 75.3 cm³/mol. The van der Waals surface area contributed by atoms with E-state index in [1.807, 2.05) is 18.0 Å². The molecule has 6 nitrogen and oxygen atoms in total. The number of ether oxygens (including phenoxy) is 1. The van der Waals surface area contributed by atoms with Crippen LogP contribution >= 0.6 is 0 Å². The van der Waals surface area contributed by atoms with E-state index < -0.39 is 0 Å². The van der Waals surface area contributed by atoms with Crippen LogP contribution < -0.4 is 10.2 Å². The number of carbonyl (C=O) groups is 1. The van der Waals surface area contributed by atoms with E-state index in [9.17, 15) is 4.79 Å². The summed E-state index contributed by atoms with van der Waals surface area (Å²) in [6, 6.07) is 1.88. The first kappa shape index (κ1) is 15.2. The van der Waals surface area contributed by atoms with Gasteiger partial charge in [-0.1, -0.05) is 13.3 Å². The lowest BCUT2D eigenvalue weighted by Gasteiger charge is -2.17. The van der Waals surface area contributed by atoms with Crippen molar-refractivity contribution in [2.45, 2.75) is 26.2 Å². The minimum Gasteiger partial charge on any atom is -0.469 e. The predicted octanol–water partition coefficient (Wildman–Crippen LogP) is 1.69. The first-order valence-electron chi connectivity index (χ1n) is 6.51. The van der Waals surface area contributed by atoms with E-state index >= 15 is 0 Å². The van der Waals surface area contributed by atoms with Gasteiger partial charge in [0.25, 0.3) is 0 Å². The Kier molecular flexibility index (Phi) is 6.63. The molecule has 19 heavy (non-hydrogen) atoms. The summed E-state index contributed by atoms with van der Waals surface area (Å²) in [4.78, 5) is 21.4. The van der Waals surface area contributed by atoms with Crippen LogP contribution in [-0.2, 0) is 9.53 Å². The maximum atomic E-state index is 11.1. The second-order valence-electron chi connectivity index (χ2n) is 4.29. The van der Waals surface area contributed by atoms with Crippen LogP contribution in [0.3, 0.4) is 0 Å². The number of hydrogen-bond acceptors (Lipinski definition) is 6. The van der Waals surface area contributed by atoms with Crippen LogP contribution in [0.1, 0.15) is 26.2 Å². The number of hydrogen-bond donors (Lipinski definition) is 1. The number of unbranched alkanes of at least 4 members (excludes halogenated alkanes) is 1. The Hall–Kier alpha value is -1.85. The summed E-state index contributed by atoms with van der Waals surface area (Å²) in [5, 5.41) is 3.25. The largest absolute Gasteiger partial charge is 0.469 e. The molecule has 1 N–H and O–H groups in total. The number of anilines is 2. The summed E-state index contributed by atoms with van der Waals surface area (Å²) in [7, 11) is 3.28. The van der Waals surface area contributed by atoms with Crippen molar-refractivity contribution in [3.05, 3.63) is 12.4 Å². The average molecular weight is 266 g/mol. The number of methoxy groups -OCH3 is 1. The fourth-order valence-electron chi connectivity index (χ4n) is 1.52. The normalized spacial score (nSPS) is 10.1. The zero-order valence-electron chi connectivity index (χ0n) is 11.8. The monoisotopic (exact) mass is 266 g/mol. The highest BCUT2D eigenvalue weighted by Crippen LogP contribution is 2.13. The molecule has 0 aliphatic rings. The lowest BCUT2D eigenvalue weighted by Crippen LogP contribution is -2.22. The fraction of sp³-hybridized carbons (Fsp3) is 0.615. The second kappa shape index (κ2) is 8.29. The van der Waals surface area contributed by atoms with E-state index in [1.54, 1.807) is 0 Å². The van der Waals surface area contributed by atoms with Crippen molar-refractivity contribution in [2.75, 3.05) is 37.5 Å². The van der Waals surface area contributed by atoms with E-state index in [0.717, 1.165) is 31.0 Å². The number of rotatable bonds is 8. The highest BCUT2D eigenvalue weighted by atomic mass is 16.5. The molecule has 0 aromatic carbocycles. The Morgan fingerprint density at radius 1 is 1.47 bits per heavy atom. The fourth-order valence-corrected chi connectivity index (χ4v) is 1.52. The highest BCUT2D eigenvalue weighted by molar-refractivity contribution is 5.69. The molecule has 6 heteroatoms. The Morgan fingerprint density at radius 2 is 2.26 bits per heavy atom. The van der Waals surface area contributed by atoms with Gasteiger partial charge in [-0.3, -0.25) is 4.79 Å². The van der Waals surface area contributed by atoms with Crippen molar-refractivity contribution >= 4 is 17.6 Å². The first-order chi connectivity index (χ1) is 9.17. The van der Waals surface area contributed by atoms with Gasteiger partial charge in [-0.2, -0.15) is 0 Å². The van der Waals surface area contributed by atoms with Crippen molar-refractivity contribution < 1.29 is 9.53 Å². The lowest BCUT2D eigenvalue weighted by atomic mass is 10.3. The summed E-state index contributed by atoms with van der Waals surface area (Å²) in [6.45, 7) is 3.62. The molecule has 1 aromatic heterocycles. The molecule has 106 valence electrons. The van der Waals surface area contributed by atoms with Gasteiger partial charge in [0.05, 0.1) is 13.5 Å². The third-order valence-electron chi connectivity index (χ3n) is 2.76. The molecule has 0 saturated heterocycles. The minimum atomic E-state index is -0.220. The zero-order valence-corrected chi connectivity index (χ0v) is 11.8. The molecule has 0 unspecified atom stereocenters. The van der Waals surface area contributed by atoms with E-state index in [-0.39, 0.29) is 5.97 Å². The summed E-state index contributed by atoms with van der Waals surface area (Å²) in [5.74, 6) is 1.38. The number of esters is 1. The van der Waals surface area contributed by atoms with E-state index in [4.69, 9.17) is 0 Å². The Morgan fingerprint density at radius 3 is 2.95 bits per heavy atom. The Labute approximate surface area is 114 Å². The van der Waals surface area contributed by atoms with Crippen LogP contribution in [0.25, 0.3) is 0 Å². The first-order valence-corrected chi connectivity index (χ1v) is 6.51. The lowest BCUT2D eigenvalue weighted by molar-refractivity contribution is -0.140. The van der Waals surface area contributed by atoms with Gasteiger partial charge >= 0.3 is 5.97 Å². The summed E-state index contributed by atoms with van der Waals surface area (Å²) in [6.07, 6.45) is 4.12. The van der Waals surface area contributed by atoms with Crippen molar-refractivity contribution in [1.82, 2.24) is 9.97 Å². The molecule has 0 fully saturated rings. The SMILES string of the molecule is CCCCNc1cc(N(C)CCC(=O)OC)ncn1. The second-order valence-corrected chi connectivity index (χ2v) is 4.29. The number of aromatic nitrogens is 2. The van der Waals surface area contributed by atoms with Gasteiger partial charge in [0.15, 0.2) is 0 Å². The molecule has 1 aromatic rings. The molecule has 0 spiro atoms. The van der Waals surface area contributed by atoms with Crippen LogP contribution in [-0.4, -0.2) is 43.2 Å². The number of nitrogens with one attached hydrogen (secondary N) is 1. The molecule has 1 rings (SSSR count). The van der Waals surface area contributed by atoms with E-state index in [2.05, 4.69) is 26.9 Å². The molecular formula is C13H22N4O2. The molecule has 0 aliphatic carbocycles. The van der Waals surface area contributed by atoms with Gasteiger partial charge in [-0.05, 0) is 6.42 Å². The van der Waals surface area contributed by atoms with E-state index in [1.165, 1.54) is 13.4 Å². The smallest absolute Gasteiger partial charge is 0.307 e. The topological polar surface area (TPSA) is 67.4 Å². The van der Waals surface area contributed by atoms with Gasteiger partial charge in [0, 0.05) is 26.2 Å². The highest BCUT2D eigenvalue weighted by Gasteiger charge is 2.07. The van der Waals surface area contributed by atoms with E-state index in [0.29, 0.717) is 13.0 Å². The molecule has 0 aliphatic heterocycles. The zero-order chi connectivity index (χ0) is 14.1. The van der Waals surface area contributed by atoms with Gasteiger partial charge in [0.2, 0.25) is 0 Å². The van der Waals surface area contributed by atoms with Gasteiger partial charge in [-0.25, -0.2) is 9.97 Å². The third kappa shape index (κ3) is 5.54. The maximum Gasteiger partial charge on any atom is 0.307 e. The quantitative estimate of drug-likeness (QED) is 0.570.